The van der Waals surface area contributed by atoms with Gasteiger partial charge in [0.1, 0.15) is 11.9 Å². The van der Waals surface area contributed by atoms with Gasteiger partial charge in [-0.3, -0.25) is 4.79 Å². The topological polar surface area (TPSA) is 35.5 Å². The monoisotopic (exact) mass is 272 g/mol. The molecule has 2 rings (SSSR count). The molecular formula is C17H20O3. The Balaban J connectivity index is 2.70. The Bertz CT molecular complexity index is 594. The summed E-state index contributed by atoms with van der Waals surface area (Å²) in [6.07, 6.45) is 2.85. The zero-order chi connectivity index (χ0) is 14.9. The molecule has 0 atom stereocenters. The van der Waals surface area contributed by atoms with E-state index in [4.69, 9.17) is 9.47 Å². The van der Waals surface area contributed by atoms with E-state index in [0.29, 0.717) is 23.7 Å². The van der Waals surface area contributed by atoms with Crippen LogP contribution in [-0.2, 0) is 0 Å². The summed E-state index contributed by atoms with van der Waals surface area (Å²) in [7, 11) is 0. The Hall–Kier alpha value is -2.03. The van der Waals surface area contributed by atoms with E-state index in [0.717, 1.165) is 23.0 Å². The summed E-state index contributed by atoms with van der Waals surface area (Å²) in [4.78, 5) is 11.1. The Kier molecular flexibility index (Phi) is 3.71. The van der Waals surface area contributed by atoms with E-state index >= 15 is 0 Å². The summed E-state index contributed by atoms with van der Waals surface area (Å²) < 4.78 is 11.7. The van der Waals surface area contributed by atoms with Crippen molar-refractivity contribution in [2.45, 2.75) is 33.3 Å². The van der Waals surface area contributed by atoms with Crippen molar-refractivity contribution in [1.82, 2.24) is 0 Å². The van der Waals surface area contributed by atoms with E-state index in [2.05, 4.69) is 6.58 Å². The van der Waals surface area contributed by atoms with Crippen LogP contribution >= 0.6 is 0 Å². The van der Waals surface area contributed by atoms with Gasteiger partial charge in [0.05, 0.1) is 6.61 Å². The Morgan fingerprint density at radius 2 is 2.15 bits per heavy atom. The Labute approximate surface area is 119 Å². The molecule has 106 valence electrons. The molecule has 1 heterocycles. The van der Waals surface area contributed by atoms with Gasteiger partial charge in [-0.2, -0.15) is 0 Å². The molecule has 0 unspecified atom stereocenters. The fourth-order valence-electron chi connectivity index (χ4n) is 2.33. The fourth-order valence-corrected chi connectivity index (χ4v) is 2.33. The molecule has 0 bridgehead atoms. The van der Waals surface area contributed by atoms with Crippen LogP contribution in [0.15, 0.2) is 30.4 Å². The highest BCUT2D eigenvalue weighted by molar-refractivity contribution is 5.88. The summed E-state index contributed by atoms with van der Waals surface area (Å²) >= 11 is 0. The number of benzene rings is 1. The van der Waals surface area contributed by atoms with Crippen LogP contribution in [0, 0.1) is 0 Å². The third-order valence-corrected chi connectivity index (χ3v) is 3.12. The van der Waals surface area contributed by atoms with E-state index in [9.17, 15) is 4.79 Å². The van der Waals surface area contributed by atoms with E-state index in [1.807, 2.05) is 39.8 Å². The molecule has 1 aromatic rings. The molecule has 3 nitrogen and oxygen atoms in total. The first-order chi connectivity index (χ1) is 9.38. The number of hydrogen-bond acceptors (Lipinski definition) is 3. The van der Waals surface area contributed by atoms with Crippen molar-refractivity contribution in [3.05, 3.63) is 41.5 Å². The molecule has 0 N–H and O–H groups in total. The molecule has 0 aliphatic carbocycles. The van der Waals surface area contributed by atoms with E-state index in [1.54, 1.807) is 6.07 Å². The molecule has 0 spiro atoms. The van der Waals surface area contributed by atoms with Gasteiger partial charge in [-0.15, -0.1) is 0 Å². The molecule has 0 fully saturated rings. The first kappa shape index (κ1) is 14.4. The highest BCUT2D eigenvalue weighted by Gasteiger charge is 2.29. The second-order valence-corrected chi connectivity index (χ2v) is 5.49. The lowest BCUT2D eigenvalue weighted by Crippen LogP contribution is -2.29. The number of rotatable bonds is 4. The number of carbonyl (C=O) groups excluding carboxylic acids is 1. The maximum atomic E-state index is 11.1. The minimum atomic E-state index is -0.435. The van der Waals surface area contributed by atoms with E-state index in [1.165, 1.54) is 0 Å². The maximum Gasteiger partial charge on any atom is 0.170 e. The smallest absolute Gasteiger partial charge is 0.170 e. The van der Waals surface area contributed by atoms with Gasteiger partial charge < -0.3 is 9.47 Å². The maximum absolute atomic E-state index is 11.1. The fraction of sp³-hybridized carbons (Fsp3) is 0.353. The van der Waals surface area contributed by atoms with Gasteiger partial charge in [0.2, 0.25) is 0 Å². The highest BCUT2D eigenvalue weighted by atomic mass is 16.5. The zero-order valence-corrected chi connectivity index (χ0v) is 12.4. The first-order valence-corrected chi connectivity index (χ1v) is 6.72. The van der Waals surface area contributed by atoms with Gasteiger partial charge in [0.15, 0.2) is 11.5 Å². The average molecular weight is 272 g/mol. The van der Waals surface area contributed by atoms with Crippen LogP contribution in [0.25, 0.3) is 5.57 Å². The number of carbonyl (C=O) groups is 1. The third-order valence-electron chi connectivity index (χ3n) is 3.12. The minimum absolute atomic E-state index is 0.435. The number of allylic oxidation sites excluding steroid dienone is 2. The Morgan fingerprint density at radius 3 is 2.70 bits per heavy atom. The highest BCUT2D eigenvalue weighted by Crippen LogP contribution is 2.45. The lowest BCUT2D eigenvalue weighted by molar-refractivity contribution is 0.112. The van der Waals surface area contributed by atoms with Crippen LogP contribution in [0.1, 0.15) is 43.6 Å². The predicted molar refractivity (Wildman–Crippen MR) is 80.5 cm³/mol. The molecule has 1 aliphatic heterocycles. The minimum Gasteiger partial charge on any atom is -0.490 e. The van der Waals surface area contributed by atoms with Crippen LogP contribution in [0.4, 0.5) is 0 Å². The lowest BCUT2D eigenvalue weighted by atomic mass is 9.90. The second kappa shape index (κ2) is 5.16. The SMILES string of the molecule is C=C(C)C1=CC(C)(C)Oc2c(OCC)cc(C=O)cc21. The second-order valence-electron chi connectivity index (χ2n) is 5.49. The molecule has 0 saturated heterocycles. The van der Waals surface area contributed by atoms with Crippen LogP contribution in [-0.4, -0.2) is 18.5 Å². The van der Waals surface area contributed by atoms with E-state index in [-0.39, 0.29) is 0 Å². The molecule has 1 aromatic carbocycles. The van der Waals surface area contributed by atoms with Gasteiger partial charge in [0.25, 0.3) is 0 Å². The molecule has 0 radical (unpaired) electrons. The number of fused-ring (bicyclic) bond motifs is 1. The largest absolute Gasteiger partial charge is 0.490 e. The van der Waals surface area contributed by atoms with Gasteiger partial charge in [0, 0.05) is 11.1 Å². The number of aldehydes is 1. The van der Waals surface area contributed by atoms with Crippen molar-refractivity contribution >= 4 is 11.9 Å². The number of ether oxygens (including phenoxy) is 2. The van der Waals surface area contributed by atoms with Crippen molar-refractivity contribution in [3.63, 3.8) is 0 Å². The third kappa shape index (κ3) is 2.62. The van der Waals surface area contributed by atoms with Gasteiger partial charge in [-0.1, -0.05) is 12.2 Å². The normalized spacial score (nSPS) is 15.7. The van der Waals surface area contributed by atoms with Gasteiger partial charge in [-0.25, -0.2) is 0 Å². The Morgan fingerprint density at radius 1 is 1.45 bits per heavy atom. The van der Waals surface area contributed by atoms with Crippen LogP contribution in [0.5, 0.6) is 11.5 Å². The summed E-state index contributed by atoms with van der Waals surface area (Å²) in [5.41, 5.74) is 2.94. The average Bonchev–Trinajstić information content (AvgIpc) is 2.37. The zero-order valence-electron chi connectivity index (χ0n) is 12.4. The molecule has 1 aliphatic rings. The summed E-state index contributed by atoms with van der Waals surface area (Å²) in [5, 5.41) is 0. The standard InChI is InChI=1S/C17H20O3/c1-6-19-15-8-12(10-18)7-13-14(11(2)3)9-17(4,5)20-16(13)15/h7-10H,2,6H2,1,3-5H3. The van der Waals surface area contributed by atoms with E-state index < -0.39 is 5.60 Å². The van der Waals surface area contributed by atoms with Crippen molar-refractivity contribution in [3.8, 4) is 11.5 Å². The molecule has 0 aromatic heterocycles. The van der Waals surface area contributed by atoms with Crippen LogP contribution < -0.4 is 9.47 Å². The van der Waals surface area contributed by atoms with Crippen LogP contribution in [0.3, 0.4) is 0 Å². The molecular weight excluding hydrogens is 252 g/mol. The van der Waals surface area contributed by atoms with Crippen molar-refractivity contribution in [2.75, 3.05) is 6.61 Å². The van der Waals surface area contributed by atoms with Gasteiger partial charge in [-0.05, 0) is 51.5 Å². The quantitative estimate of drug-likeness (QED) is 0.776. The van der Waals surface area contributed by atoms with Crippen molar-refractivity contribution < 1.29 is 14.3 Å². The number of hydrogen-bond donors (Lipinski definition) is 0. The predicted octanol–water partition coefficient (Wildman–Crippen LogP) is 4.03. The summed E-state index contributed by atoms with van der Waals surface area (Å²) in [5.74, 6) is 1.29. The summed E-state index contributed by atoms with van der Waals surface area (Å²) in [6, 6.07) is 3.54. The summed E-state index contributed by atoms with van der Waals surface area (Å²) in [6.45, 7) is 12.4. The van der Waals surface area contributed by atoms with Crippen molar-refractivity contribution in [2.24, 2.45) is 0 Å². The lowest BCUT2D eigenvalue weighted by Gasteiger charge is -2.32. The molecule has 3 heteroatoms. The van der Waals surface area contributed by atoms with Crippen molar-refractivity contribution in [1.29, 1.82) is 0 Å². The molecule has 0 saturated carbocycles. The van der Waals surface area contributed by atoms with Crippen LogP contribution in [0.2, 0.25) is 0 Å². The molecule has 20 heavy (non-hydrogen) atoms. The van der Waals surface area contributed by atoms with Gasteiger partial charge >= 0.3 is 0 Å². The molecule has 0 amide bonds. The first-order valence-electron chi connectivity index (χ1n) is 6.72.